The molecule has 1 aliphatic rings. The number of aromatic nitrogens is 4. The summed E-state index contributed by atoms with van der Waals surface area (Å²) in [7, 11) is 0. The molecule has 2 aromatic heterocycles. The topological polar surface area (TPSA) is 84.1 Å². The Bertz CT molecular complexity index is 1480. The molecule has 0 amide bonds. The molecule has 0 bridgehead atoms. The number of alkyl halides is 3. The molecule has 198 valence electrons. The molecule has 0 radical (unpaired) electrons. The van der Waals surface area contributed by atoms with Gasteiger partial charge in [-0.05, 0) is 49.9 Å². The lowest BCUT2D eigenvalue weighted by Crippen LogP contribution is -2.31. The van der Waals surface area contributed by atoms with E-state index in [1.165, 1.54) is 12.1 Å². The number of imidazole rings is 1. The minimum Gasteiger partial charge on any atom is -0.475 e. The summed E-state index contributed by atoms with van der Waals surface area (Å²) in [6.07, 6.45) is -0.590. The number of carbonyl (C=O) groups is 1. The molecule has 2 aromatic carbocycles. The van der Waals surface area contributed by atoms with E-state index in [0.29, 0.717) is 22.7 Å². The van der Waals surface area contributed by atoms with Crippen molar-refractivity contribution in [2.75, 3.05) is 11.4 Å². The van der Waals surface area contributed by atoms with E-state index >= 15 is 0 Å². The highest BCUT2D eigenvalue weighted by atomic mass is 19.4. The van der Waals surface area contributed by atoms with Gasteiger partial charge in [0.15, 0.2) is 11.5 Å². The van der Waals surface area contributed by atoms with E-state index in [1.54, 1.807) is 0 Å². The number of fused-ring (bicyclic) bond motifs is 1. The fraction of sp³-hybridized carbons (Fsp3) is 0.357. The van der Waals surface area contributed by atoms with Gasteiger partial charge in [0.1, 0.15) is 11.3 Å². The predicted molar refractivity (Wildman–Crippen MR) is 138 cm³/mol. The van der Waals surface area contributed by atoms with Crippen molar-refractivity contribution in [2.45, 2.75) is 58.3 Å². The molecule has 4 aromatic rings. The Kier molecular flexibility index (Phi) is 6.81. The van der Waals surface area contributed by atoms with Crippen molar-refractivity contribution in [1.29, 1.82) is 0 Å². The molecule has 0 aliphatic carbocycles. The Hall–Kier alpha value is -3.95. The largest absolute Gasteiger partial charge is 0.475 e. The van der Waals surface area contributed by atoms with E-state index in [0.717, 1.165) is 55.5 Å². The highest BCUT2D eigenvalue weighted by Gasteiger charge is 2.32. The van der Waals surface area contributed by atoms with Gasteiger partial charge in [0.25, 0.3) is 0 Å². The quantitative estimate of drug-likeness (QED) is 0.305. The highest BCUT2D eigenvalue weighted by Crippen LogP contribution is 2.36. The summed E-state index contributed by atoms with van der Waals surface area (Å²) in [5, 5.41) is 9.77. The van der Waals surface area contributed by atoms with Gasteiger partial charge in [0.2, 0.25) is 5.82 Å². The first-order chi connectivity index (χ1) is 18.2. The van der Waals surface area contributed by atoms with Gasteiger partial charge in [0, 0.05) is 24.7 Å². The van der Waals surface area contributed by atoms with Crippen molar-refractivity contribution in [3.05, 3.63) is 71.0 Å². The van der Waals surface area contributed by atoms with E-state index in [-0.39, 0.29) is 24.1 Å². The zero-order valence-electron chi connectivity index (χ0n) is 21.2. The zero-order chi connectivity index (χ0) is 27.0. The molecular formula is C28H28F3N5O2. The van der Waals surface area contributed by atoms with Crippen LogP contribution in [0.4, 0.5) is 19.0 Å². The fourth-order valence-electron chi connectivity index (χ4n) is 5.20. The van der Waals surface area contributed by atoms with Gasteiger partial charge in [0.05, 0.1) is 5.56 Å². The van der Waals surface area contributed by atoms with E-state index in [1.807, 2.05) is 35.8 Å². The summed E-state index contributed by atoms with van der Waals surface area (Å²) in [6, 6.07) is 13.0. The lowest BCUT2D eigenvalue weighted by atomic mass is 10.1. The van der Waals surface area contributed by atoms with E-state index in [2.05, 4.69) is 21.8 Å². The normalized spacial score (nSPS) is 15.9. The van der Waals surface area contributed by atoms with Gasteiger partial charge in [-0.15, -0.1) is 0 Å². The van der Waals surface area contributed by atoms with Gasteiger partial charge in [-0.1, -0.05) is 49.2 Å². The third-order valence-electron chi connectivity index (χ3n) is 6.95. The molecule has 1 N–H and O–H groups in total. The molecule has 10 heteroatoms. The van der Waals surface area contributed by atoms with Crippen LogP contribution >= 0.6 is 0 Å². The second kappa shape index (κ2) is 10.1. The average Bonchev–Trinajstić information content (AvgIpc) is 3.48. The van der Waals surface area contributed by atoms with Gasteiger partial charge in [-0.25, -0.2) is 19.7 Å². The Morgan fingerprint density at radius 2 is 1.87 bits per heavy atom. The van der Waals surface area contributed by atoms with Crippen molar-refractivity contribution in [1.82, 2.24) is 19.5 Å². The van der Waals surface area contributed by atoms with E-state index in [4.69, 9.17) is 4.98 Å². The van der Waals surface area contributed by atoms with Crippen LogP contribution in [0.1, 0.15) is 59.9 Å². The minimum atomic E-state index is -4.43. The maximum absolute atomic E-state index is 13.2. The van der Waals surface area contributed by atoms with Crippen LogP contribution < -0.4 is 4.90 Å². The Labute approximate surface area is 218 Å². The molecule has 1 atom stereocenters. The number of carboxylic acid groups (broad SMARTS) is 1. The van der Waals surface area contributed by atoms with Crippen molar-refractivity contribution in [2.24, 2.45) is 0 Å². The summed E-state index contributed by atoms with van der Waals surface area (Å²) in [6.45, 7) is 5.01. The van der Waals surface area contributed by atoms with Crippen molar-refractivity contribution in [3.63, 3.8) is 0 Å². The molecule has 0 spiro atoms. The molecule has 38 heavy (non-hydrogen) atoms. The molecule has 1 saturated heterocycles. The van der Waals surface area contributed by atoms with Crippen LogP contribution in [0.25, 0.3) is 22.6 Å². The van der Waals surface area contributed by atoms with Gasteiger partial charge < -0.3 is 14.6 Å². The summed E-state index contributed by atoms with van der Waals surface area (Å²) in [4.78, 5) is 27.6. The minimum absolute atomic E-state index is 0.205. The molecule has 3 heterocycles. The van der Waals surface area contributed by atoms with Crippen LogP contribution in [-0.4, -0.2) is 43.2 Å². The second-order valence-corrected chi connectivity index (χ2v) is 9.71. The van der Waals surface area contributed by atoms with Gasteiger partial charge in [-0.2, -0.15) is 13.2 Å². The third kappa shape index (κ3) is 4.94. The van der Waals surface area contributed by atoms with Crippen molar-refractivity contribution in [3.8, 4) is 11.4 Å². The Morgan fingerprint density at radius 1 is 1.11 bits per heavy atom. The first-order valence-electron chi connectivity index (χ1n) is 12.7. The maximum atomic E-state index is 13.2. The average molecular weight is 524 g/mol. The monoisotopic (exact) mass is 523 g/mol. The predicted octanol–water partition coefficient (Wildman–Crippen LogP) is 6.34. The standard InChI is InChI=1S/C28H28F3N5O2/c1-3-6-21-9-5-14-35(21)26-22-23(32-24(34-26)27(37)38)33-25(19-8-4-7-17(2)15-19)36(22)16-18-10-12-20(13-11-18)28(29,30)31/h4,7-8,10-13,15,21H,3,5-6,9,14,16H2,1-2H3,(H,37,38). The number of benzene rings is 2. The summed E-state index contributed by atoms with van der Waals surface area (Å²) in [5.74, 6) is -0.520. The Morgan fingerprint density at radius 3 is 2.53 bits per heavy atom. The maximum Gasteiger partial charge on any atom is 0.416 e. The zero-order valence-corrected chi connectivity index (χ0v) is 21.2. The number of aromatic carboxylic acids is 1. The molecule has 1 fully saturated rings. The summed E-state index contributed by atoms with van der Waals surface area (Å²) < 4.78 is 41.4. The molecule has 1 aliphatic heterocycles. The summed E-state index contributed by atoms with van der Waals surface area (Å²) in [5.41, 5.74) is 2.56. The number of nitrogens with zero attached hydrogens (tertiary/aromatic N) is 5. The fourth-order valence-corrected chi connectivity index (χ4v) is 5.20. The highest BCUT2D eigenvalue weighted by molar-refractivity contribution is 5.92. The number of aryl methyl sites for hydroxylation is 1. The number of anilines is 1. The summed E-state index contributed by atoms with van der Waals surface area (Å²) >= 11 is 0. The lowest BCUT2D eigenvalue weighted by Gasteiger charge is -2.26. The lowest BCUT2D eigenvalue weighted by molar-refractivity contribution is -0.137. The molecule has 5 rings (SSSR count). The van der Waals surface area contributed by atoms with Crippen LogP contribution in [-0.2, 0) is 12.7 Å². The Balaban J connectivity index is 1.73. The first kappa shape index (κ1) is 25.7. The number of hydrogen-bond acceptors (Lipinski definition) is 5. The number of rotatable bonds is 7. The van der Waals surface area contributed by atoms with Gasteiger partial charge in [-0.3, -0.25) is 0 Å². The molecule has 0 saturated carbocycles. The van der Waals surface area contributed by atoms with Crippen molar-refractivity contribution < 1.29 is 23.1 Å². The third-order valence-corrected chi connectivity index (χ3v) is 6.95. The number of halogens is 3. The van der Waals surface area contributed by atoms with Crippen LogP contribution in [0.2, 0.25) is 0 Å². The van der Waals surface area contributed by atoms with Crippen LogP contribution in [0.5, 0.6) is 0 Å². The van der Waals surface area contributed by atoms with Gasteiger partial charge >= 0.3 is 12.1 Å². The SMILES string of the molecule is CCCC1CCCN1c1nc(C(=O)O)nc2nc(-c3cccc(C)c3)n(Cc3ccc(C(F)(F)F)cc3)c12. The second-order valence-electron chi connectivity index (χ2n) is 9.71. The van der Waals surface area contributed by atoms with Crippen LogP contribution in [0.3, 0.4) is 0 Å². The molecular weight excluding hydrogens is 495 g/mol. The number of carboxylic acids is 1. The van der Waals surface area contributed by atoms with Crippen molar-refractivity contribution >= 4 is 23.0 Å². The van der Waals surface area contributed by atoms with E-state index < -0.39 is 17.7 Å². The molecule has 1 unspecified atom stereocenters. The van der Waals surface area contributed by atoms with Crippen LogP contribution in [0.15, 0.2) is 48.5 Å². The van der Waals surface area contributed by atoms with Crippen LogP contribution in [0, 0.1) is 6.92 Å². The molecule has 7 nitrogen and oxygen atoms in total. The smallest absolute Gasteiger partial charge is 0.416 e. The number of hydrogen-bond donors (Lipinski definition) is 1. The van der Waals surface area contributed by atoms with E-state index in [9.17, 15) is 23.1 Å². The first-order valence-corrected chi connectivity index (χ1v) is 12.7.